The molecule has 1 aromatic heterocycles. The van der Waals surface area contributed by atoms with Gasteiger partial charge in [0, 0.05) is 21.7 Å². The predicted octanol–water partition coefficient (Wildman–Crippen LogP) is 4.26. The maximum absolute atomic E-state index is 5.85. The van der Waals surface area contributed by atoms with Gasteiger partial charge in [0.1, 0.15) is 0 Å². The van der Waals surface area contributed by atoms with Gasteiger partial charge in [0.05, 0.1) is 5.69 Å². The summed E-state index contributed by atoms with van der Waals surface area (Å²) in [5, 5.41) is 0.709. The van der Waals surface area contributed by atoms with Crippen molar-refractivity contribution in [3.63, 3.8) is 0 Å². The molecule has 0 radical (unpaired) electrons. The van der Waals surface area contributed by atoms with E-state index in [1.54, 1.807) is 11.3 Å². The van der Waals surface area contributed by atoms with Gasteiger partial charge in [-0.05, 0) is 37.0 Å². The van der Waals surface area contributed by atoms with E-state index in [1.807, 2.05) is 0 Å². The number of aryl methyl sites for hydroxylation is 1. The quantitative estimate of drug-likeness (QED) is 0.916. The number of nitrogens with zero attached hydrogens (tertiary/aromatic N) is 1. The Labute approximate surface area is 119 Å². The van der Waals surface area contributed by atoms with Gasteiger partial charge >= 0.3 is 0 Å². The van der Waals surface area contributed by atoms with Crippen LogP contribution in [0.4, 0.5) is 5.13 Å². The summed E-state index contributed by atoms with van der Waals surface area (Å²) >= 11 is 5.18. The molecule has 1 aromatic carbocycles. The van der Waals surface area contributed by atoms with E-state index < -0.39 is 0 Å². The summed E-state index contributed by atoms with van der Waals surface area (Å²) in [5.41, 5.74) is 9.71. The molecule has 2 N–H and O–H groups in total. The lowest BCUT2D eigenvalue weighted by Crippen LogP contribution is -1.92. The Morgan fingerprint density at radius 2 is 2.22 bits per heavy atom. The third-order valence-electron chi connectivity index (χ3n) is 3.30. The molecule has 0 unspecified atom stereocenters. The number of thiazole rings is 1. The molecule has 1 fully saturated rings. The highest BCUT2D eigenvalue weighted by Gasteiger charge is 2.29. The summed E-state index contributed by atoms with van der Waals surface area (Å²) in [5.74, 6) is 0.671. The summed E-state index contributed by atoms with van der Waals surface area (Å²) in [6, 6.07) is 6.52. The fraction of sp³-hybridized carbons (Fsp3) is 0.357. The third-order valence-corrected chi connectivity index (χ3v) is 5.09. The largest absolute Gasteiger partial charge is 0.375 e. The second kappa shape index (κ2) is 4.67. The minimum Gasteiger partial charge on any atom is -0.375 e. The van der Waals surface area contributed by atoms with Crippen LogP contribution in [0.3, 0.4) is 0 Å². The molecule has 0 spiro atoms. The average Bonchev–Trinajstić information content (AvgIpc) is 3.09. The average molecular weight is 323 g/mol. The highest BCUT2D eigenvalue weighted by atomic mass is 79.9. The van der Waals surface area contributed by atoms with Crippen molar-refractivity contribution in [1.29, 1.82) is 0 Å². The van der Waals surface area contributed by atoms with E-state index in [0.717, 1.165) is 10.9 Å². The van der Waals surface area contributed by atoms with E-state index >= 15 is 0 Å². The third kappa shape index (κ3) is 2.45. The molecule has 0 amide bonds. The second-order valence-corrected chi connectivity index (χ2v) is 6.86. The van der Waals surface area contributed by atoms with Gasteiger partial charge in [-0.1, -0.05) is 28.1 Å². The van der Waals surface area contributed by atoms with Crippen molar-refractivity contribution >= 4 is 32.4 Å². The first-order valence-electron chi connectivity index (χ1n) is 6.13. The highest BCUT2D eigenvalue weighted by Crippen LogP contribution is 2.43. The first kappa shape index (κ1) is 12.2. The zero-order valence-electron chi connectivity index (χ0n) is 10.2. The number of aromatic nitrogens is 1. The van der Waals surface area contributed by atoms with Crippen LogP contribution in [0.1, 0.15) is 40.5 Å². The van der Waals surface area contributed by atoms with Crippen LogP contribution in [0.2, 0.25) is 0 Å². The highest BCUT2D eigenvalue weighted by molar-refractivity contribution is 9.10. The van der Waals surface area contributed by atoms with Gasteiger partial charge in [-0.25, -0.2) is 4.98 Å². The molecule has 1 aliphatic rings. The Morgan fingerprint density at radius 1 is 1.44 bits per heavy atom. The molecule has 1 saturated carbocycles. The van der Waals surface area contributed by atoms with Crippen LogP contribution in [-0.4, -0.2) is 4.98 Å². The molecule has 0 atom stereocenters. The lowest BCUT2D eigenvalue weighted by Gasteiger charge is -2.04. The lowest BCUT2D eigenvalue weighted by atomic mass is 10.1. The fourth-order valence-electron chi connectivity index (χ4n) is 2.19. The minimum absolute atomic E-state index is 0.671. The predicted molar refractivity (Wildman–Crippen MR) is 80.2 cm³/mol. The van der Waals surface area contributed by atoms with Gasteiger partial charge in [-0.3, -0.25) is 0 Å². The zero-order chi connectivity index (χ0) is 12.7. The maximum atomic E-state index is 5.85. The van der Waals surface area contributed by atoms with Crippen LogP contribution in [-0.2, 0) is 6.42 Å². The lowest BCUT2D eigenvalue weighted by molar-refractivity contribution is 1.01. The number of halogens is 1. The Bertz CT molecular complexity index is 587. The Kier molecular flexibility index (Phi) is 3.16. The number of anilines is 1. The van der Waals surface area contributed by atoms with E-state index in [-0.39, 0.29) is 0 Å². The van der Waals surface area contributed by atoms with Crippen LogP contribution < -0.4 is 5.73 Å². The number of nitrogen functional groups attached to an aromatic ring is 1. The van der Waals surface area contributed by atoms with Gasteiger partial charge in [-0.15, -0.1) is 11.3 Å². The van der Waals surface area contributed by atoms with Crippen LogP contribution in [0.15, 0.2) is 22.7 Å². The van der Waals surface area contributed by atoms with Crippen LogP contribution in [0, 0.1) is 6.92 Å². The molecule has 0 bridgehead atoms. The Hall–Kier alpha value is -0.870. The molecule has 0 aliphatic heterocycles. The number of hydrogen-bond donors (Lipinski definition) is 1. The van der Waals surface area contributed by atoms with Crippen molar-refractivity contribution in [3.8, 4) is 0 Å². The monoisotopic (exact) mass is 322 g/mol. The van der Waals surface area contributed by atoms with Crippen molar-refractivity contribution in [1.82, 2.24) is 4.98 Å². The molecular weight excluding hydrogens is 308 g/mol. The standard InChI is InChI=1S/C14H15BrN2S/c1-8-6-9(2-5-11(8)15)7-12-13(10-3-4-10)17-14(16)18-12/h2,5-6,10H,3-4,7H2,1H3,(H2,16,17). The fourth-order valence-corrected chi connectivity index (χ4v) is 3.39. The van der Waals surface area contributed by atoms with E-state index in [2.05, 4.69) is 46.0 Å². The molecule has 1 aliphatic carbocycles. The normalized spacial score (nSPS) is 15.0. The molecular formula is C14H15BrN2S. The summed E-state index contributed by atoms with van der Waals surface area (Å²) < 4.78 is 1.16. The molecule has 2 aromatic rings. The SMILES string of the molecule is Cc1cc(Cc2sc(N)nc2C2CC2)ccc1Br. The van der Waals surface area contributed by atoms with Crippen molar-refractivity contribution in [3.05, 3.63) is 44.4 Å². The summed E-state index contributed by atoms with van der Waals surface area (Å²) in [4.78, 5) is 5.84. The van der Waals surface area contributed by atoms with E-state index in [1.165, 1.54) is 34.5 Å². The molecule has 0 saturated heterocycles. The van der Waals surface area contributed by atoms with Crippen LogP contribution >= 0.6 is 27.3 Å². The summed E-state index contributed by atoms with van der Waals surface area (Å²) in [6.45, 7) is 2.12. The number of rotatable bonds is 3. The molecule has 4 heteroatoms. The smallest absolute Gasteiger partial charge is 0.180 e. The van der Waals surface area contributed by atoms with Crippen molar-refractivity contribution in [2.75, 3.05) is 5.73 Å². The van der Waals surface area contributed by atoms with Gasteiger partial charge in [0.15, 0.2) is 5.13 Å². The van der Waals surface area contributed by atoms with Crippen molar-refractivity contribution in [2.45, 2.75) is 32.1 Å². The van der Waals surface area contributed by atoms with E-state index in [4.69, 9.17) is 5.73 Å². The summed E-state index contributed by atoms with van der Waals surface area (Å²) in [6.07, 6.45) is 3.50. The number of benzene rings is 1. The molecule has 3 rings (SSSR count). The molecule has 1 heterocycles. The molecule has 2 nitrogen and oxygen atoms in total. The van der Waals surface area contributed by atoms with Gasteiger partial charge in [-0.2, -0.15) is 0 Å². The van der Waals surface area contributed by atoms with Crippen molar-refractivity contribution in [2.24, 2.45) is 0 Å². The molecule has 94 valence electrons. The van der Waals surface area contributed by atoms with Crippen LogP contribution in [0.25, 0.3) is 0 Å². The minimum atomic E-state index is 0.671. The second-order valence-electron chi connectivity index (χ2n) is 4.90. The Morgan fingerprint density at radius 3 is 2.89 bits per heavy atom. The zero-order valence-corrected chi connectivity index (χ0v) is 12.6. The first-order chi connectivity index (χ1) is 8.63. The molecule has 18 heavy (non-hydrogen) atoms. The van der Waals surface area contributed by atoms with E-state index in [9.17, 15) is 0 Å². The Balaban J connectivity index is 1.89. The van der Waals surface area contributed by atoms with Crippen molar-refractivity contribution < 1.29 is 0 Å². The van der Waals surface area contributed by atoms with Gasteiger partial charge < -0.3 is 5.73 Å². The van der Waals surface area contributed by atoms with Gasteiger partial charge in [0.2, 0.25) is 0 Å². The maximum Gasteiger partial charge on any atom is 0.180 e. The van der Waals surface area contributed by atoms with E-state index in [0.29, 0.717) is 11.0 Å². The first-order valence-corrected chi connectivity index (χ1v) is 7.74. The number of hydrogen-bond acceptors (Lipinski definition) is 3. The van der Waals surface area contributed by atoms with Gasteiger partial charge in [0.25, 0.3) is 0 Å². The summed E-state index contributed by atoms with van der Waals surface area (Å²) in [7, 11) is 0. The van der Waals surface area contributed by atoms with Crippen LogP contribution in [0.5, 0.6) is 0 Å². The topological polar surface area (TPSA) is 38.9 Å². The number of nitrogens with two attached hydrogens (primary N) is 1.